The zero-order valence-corrected chi connectivity index (χ0v) is 10.7. The number of aliphatic carboxylic acids is 1. The van der Waals surface area contributed by atoms with Gasteiger partial charge in [0.15, 0.2) is 0 Å². The van der Waals surface area contributed by atoms with E-state index in [-0.39, 0.29) is 18.4 Å². The molecular formula is C10H15N3O3S. The Morgan fingerprint density at radius 1 is 1.41 bits per heavy atom. The summed E-state index contributed by atoms with van der Waals surface area (Å²) in [6.07, 6.45) is 0. The van der Waals surface area contributed by atoms with Crippen LogP contribution in [0, 0.1) is 5.92 Å². The van der Waals surface area contributed by atoms with Gasteiger partial charge in [0.1, 0.15) is 4.88 Å². The standard InChI is InChI=1S/C10H15N3O3S/c1-5(2)7-8(17-13-12-7)9(14)11-4-6(3)10(15)16/h5-6H,4H2,1-3H3,(H,11,14)(H,15,16). The van der Waals surface area contributed by atoms with Crippen LogP contribution in [-0.2, 0) is 4.79 Å². The summed E-state index contributed by atoms with van der Waals surface area (Å²) in [6, 6.07) is 0. The van der Waals surface area contributed by atoms with E-state index >= 15 is 0 Å². The number of nitrogens with zero attached hydrogens (tertiary/aromatic N) is 2. The minimum Gasteiger partial charge on any atom is -0.481 e. The molecule has 0 saturated heterocycles. The normalized spacial score (nSPS) is 12.5. The number of carbonyl (C=O) groups is 2. The second-order valence-corrected chi connectivity index (χ2v) is 4.85. The van der Waals surface area contributed by atoms with Crippen molar-refractivity contribution in [3.05, 3.63) is 10.6 Å². The summed E-state index contributed by atoms with van der Waals surface area (Å²) in [7, 11) is 0. The number of amides is 1. The van der Waals surface area contributed by atoms with Gasteiger partial charge < -0.3 is 10.4 Å². The molecule has 0 aliphatic rings. The highest BCUT2D eigenvalue weighted by Crippen LogP contribution is 2.19. The van der Waals surface area contributed by atoms with E-state index in [2.05, 4.69) is 14.9 Å². The molecule has 1 heterocycles. The van der Waals surface area contributed by atoms with Crippen molar-refractivity contribution in [3.63, 3.8) is 0 Å². The number of rotatable bonds is 5. The molecule has 0 aromatic carbocycles. The van der Waals surface area contributed by atoms with Crippen molar-refractivity contribution in [1.29, 1.82) is 0 Å². The fourth-order valence-corrected chi connectivity index (χ4v) is 1.88. The highest BCUT2D eigenvalue weighted by molar-refractivity contribution is 7.08. The van der Waals surface area contributed by atoms with Crippen LogP contribution >= 0.6 is 11.5 Å². The highest BCUT2D eigenvalue weighted by Gasteiger charge is 2.20. The molecule has 0 spiro atoms. The predicted octanol–water partition coefficient (Wildman–Crippen LogP) is 1.11. The first kappa shape index (κ1) is 13.6. The maximum atomic E-state index is 11.8. The number of nitrogens with one attached hydrogen (secondary N) is 1. The van der Waals surface area contributed by atoms with Crippen LogP contribution in [0.4, 0.5) is 0 Å². The van der Waals surface area contributed by atoms with Gasteiger partial charge in [0.25, 0.3) is 5.91 Å². The van der Waals surface area contributed by atoms with Gasteiger partial charge in [-0.3, -0.25) is 9.59 Å². The monoisotopic (exact) mass is 257 g/mol. The first-order valence-corrected chi connectivity index (χ1v) is 6.04. The maximum absolute atomic E-state index is 11.8. The Hall–Kier alpha value is -1.50. The molecule has 1 rings (SSSR count). The fraction of sp³-hybridized carbons (Fsp3) is 0.600. The SMILES string of the molecule is CC(CNC(=O)c1snnc1C(C)C)C(=O)O. The number of carboxylic acids is 1. The van der Waals surface area contributed by atoms with E-state index in [1.54, 1.807) is 0 Å². The van der Waals surface area contributed by atoms with Crippen LogP contribution in [0.3, 0.4) is 0 Å². The van der Waals surface area contributed by atoms with Crippen LogP contribution in [-0.4, -0.2) is 33.1 Å². The Bertz CT molecular complexity index is 417. The highest BCUT2D eigenvalue weighted by atomic mass is 32.1. The Morgan fingerprint density at radius 3 is 2.59 bits per heavy atom. The van der Waals surface area contributed by atoms with E-state index in [4.69, 9.17) is 5.11 Å². The van der Waals surface area contributed by atoms with Crippen LogP contribution < -0.4 is 5.32 Å². The molecular weight excluding hydrogens is 242 g/mol. The molecule has 1 atom stereocenters. The Kier molecular flexibility index (Phi) is 4.56. The van der Waals surface area contributed by atoms with E-state index in [1.165, 1.54) is 6.92 Å². The molecule has 0 saturated carbocycles. The Morgan fingerprint density at radius 2 is 2.06 bits per heavy atom. The third-order valence-electron chi connectivity index (χ3n) is 2.26. The zero-order valence-electron chi connectivity index (χ0n) is 9.93. The van der Waals surface area contributed by atoms with Crippen LogP contribution in [0.1, 0.15) is 42.1 Å². The van der Waals surface area contributed by atoms with Crippen molar-refractivity contribution < 1.29 is 14.7 Å². The fourth-order valence-electron chi connectivity index (χ4n) is 1.15. The largest absolute Gasteiger partial charge is 0.481 e. The quantitative estimate of drug-likeness (QED) is 0.824. The van der Waals surface area contributed by atoms with Crippen molar-refractivity contribution >= 4 is 23.4 Å². The average molecular weight is 257 g/mol. The third-order valence-corrected chi connectivity index (χ3v) is 3.00. The molecule has 1 unspecified atom stereocenters. The Labute approximate surface area is 103 Å². The molecule has 17 heavy (non-hydrogen) atoms. The number of hydrogen-bond acceptors (Lipinski definition) is 5. The average Bonchev–Trinajstić information content (AvgIpc) is 2.73. The summed E-state index contributed by atoms with van der Waals surface area (Å²) in [5.41, 5.74) is 0.649. The summed E-state index contributed by atoms with van der Waals surface area (Å²) >= 11 is 1.03. The van der Waals surface area contributed by atoms with Crippen molar-refractivity contribution in [2.24, 2.45) is 5.92 Å². The molecule has 1 amide bonds. The lowest BCUT2D eigenvalue weighted by Gasteiger charge is -2.08. The van der Waals surface area contributed by atoms with E-state index < -0.39 is 11.9 Å². The number of carboxylic acid groups (broad SMARTS) is 1. The second-order valence-electron chi connectivity index (χ2n) is 4.09. The number of aromatic nitrogens is 2. The molecule has 6 nitrogen and oxygen atoms in total. The van der Waals surface area contributed by atoms with E-state index in [0.29, 0.717) is 10.6 Å². The molecule has 1 aromatic heterocycles. The van der Waals surface area contributed by atoms with Crippen LogP contribution in [0.2, 0.25) is 0 Å². The molecule has 7 heteroatoms. The third kappa shape index (κ3) is 3.48. The molecule has 0 radical (unpaired) electrons. The molecule has 0 aliphatic carbocycles. The van der Waals surface area contributed by atoms with Crippen molar-refractivity contribution in [2.75, 3.05) is 6.54 Å². The van der Waals surface area contributed by atoms with Gasteiger partial charge in [0, 0.05) is 6.54 Å². The molecule has 1 aromatic rings. The van der Waals surface area contributed by atoms with Gasteiger partial charge in [-0.2, -0.15) is 0 Å². The predicted molar refractivity (Wildman–Crippen MR) is 63.1 cm³/mol. The van der Waals surface area contributed by atoms with Gasteiger partial charge in [-0.25, -0.2) is 0 Å². The number of hydrogen-bond donors (Lipinski definition) is 2. The van der Waals surface area contributed by atoms with Crippen molar-refractivity contribution in [2.45, 2.75) is 26.7 Å². The van der Waals surface area contributed by atoms with Gasteiger partial charge in [-0.05, 0) is 17.5 Å². The summed E-state index contributed by atoms with van der Waals surface area (Å²) < 4.78 is 3.74. The van der Waals surface area contributed by atoms with E-state index in [0.717, 1.165) is 11.5 Å². The van der Waals surface area contributed by atoms with Gasteiger partial charge in [0.2, 0.25) is 0 Å². The van der Waals surface area contributed by atoms with Crippen molar-refractivity contribution in [3.8, 4) is 0 Å². The van der Waals surface area contributed by atoms with Crippen LogP contribution in [0.25, 0.3) is 0 Å². The maximum Gasteiger partial charge on any atom is 0.308 e. The Balaban J connectivity index is 2.64. The molecule has 0 aliphatic heterocycles. The van der Waals surface area contributed by atoms with Crippen molar-refractivity contribution in [1.82, 2.24) is 14.9 Å². The first-order chi connectivity index (χ1) is 7.93. The lowest BCUT2D eigenvalue weighted by Crippen LogP contribution is -2.31. The molecule has 0 bridgehead atoms. The summed E-state index contributed by atoms with van der Waals surface area (Å²) in [6.45, 7) is 5.49. The zero-order chi connectivity index (χ0) is 13.0. The van der Waals surface area contributed by atoms with Gasteiger partial charge in [0.05, 0.1) is 11.6 Å². The van der Waals surface area contributed by atoms with Gasteiger partial charge in [-0.1, -0.05) is 25.3 Å². The smallest absolute Gasteiger partial charge is 0.308 e. The first-order valence-electron chi connectivity index (χ1n) is 5.26. The summed E-state index contributed by atoms with van der Waals surface area (Å²) in [4.78, 5) is 22.8. The minimum absolute atomic E-state index is 0.101. The topological polar surface area (TPSA) is 92.2 Å². The lowest BCUT2D eigenvalue weighted by molar-refractivity contribution is -0.140. The van der Waals surface area contributed by atoms with Gasteiger partial charge >= 0.3 is 5.97 Å². The second kappa shape index (κ2) is 5.72. The van der Waals surface area contributed by atoms with Crippen LogP contribution in [0.5, 0.6) is 0 Å². The van der Waals surface area contributed by atoms with Crippen LogP contribution in [0.15, 0.2) is 0 Å². The molecule has 2 N–H and O–H groups in total. The van der Waals surface area contributed by atoms with E-state index in [9.17, 15) is 9.59 Å². The minimum atomic E-state index is -0.934. The molecule has 94 valence electrons. The summed E-state index contributed by atoms with van der Waals surface area (Å²) in [5, 5.41) is 15.2. The number of carbonyl (C=O) groups excluding carboxylic acids is 1. The molecule has 0 fully saturated rings. The van der Waals surface area contributed by atoms with E-state index in [1.807, 2.05) is 13.8 Å². The summed E-state index contributed by atoms with van der Waals surface area (Å²) in [5.74, 6) is -1.73. The van der Waals surface area contributed by atoms with Gasteiger partial charge in [-0.15, -0.1) is 5.10 Å². The lowest BCUT2D eigenvalue weighted by atomic mass is 10.1.